The fraction of sp³-hybridized carbons (Fsp3) is 0.750. The van der Waals surface area contributed by atoms with E-state index in [0.29, 0.717) is 0 Å². The molecule has 1 aliphatic rings. The molecule has 1 saturated carbocycles. The van der Waals surface area contributed by atoms with Crippen LogP contribution in [0.5, 0.6) is 0 Å². The minimum atomic E-state index is -2.60. The molecule has 1 N–H and O–H groups in total. The van der Waals surface area contributed by atoms with Crippen molar-refractivity contribution in [1.29, 1.82) is 0 Å². The van der Waals surface area contributed by atoms with Gasteiger partial charge in [-0.2, -0.15) is 0 Å². The third-order valence-corrected chi connectivity index (χ3v) is 2.57. The van der Waals surface area contributed by atoms with Gasteiger partial charge in [0.2, 0.25) is 5.92 Å². The molecule has 5 heteroatoms. The number of hydrogen-bond acceptors (Lipinski definition) is 2. The summed E-state index contributed by atoms with van der Waals surface area (Å²) in [4.78, 5) is 11.5. The number of carbonyl (C=O) groups excluding carboxylic acids is 1. The van der Waals surface area contributed by atoms with Gasteiger partial charge in [-0.1, -0.05) is 6.08 Å². The van der Waals surface area contributed by atoms with Crippen molar-refractivity contribution in [3.05, 3.63) is 12.7 Å². The summed E-state index contributed by atoms with van der Waals surface area (Å²) in [5, 5.41) is 2.55. The number of nitrogens with one attached hydrogen (secondary N) is 1. The van der Waals surface area contributed by atoms with Crippen LogP contribution in [0.4, 0.5) is 13.6 Å². The number of hydrogen-bond donors (Lipinski definition) is 1. The second kappa shape index (κ2) is 4.63. The van der Waals surface area contributed by atoms with E-state index in [1.54, 1.807) is 20.8 Å². The summed E-state index contributed by atoms with van der Waals surface area (Å²) in [5.41, 5.74) is -0.598. The predicted octanol–water partition coefficient (Wildman–Crippen LogP) is 3.11. The molecule has 0 bridgehead atoms. The van der Waals surface area contributed by atoms with Gasteiger partial charge < -0.3 is 10.1 Å². The molecular weight excluding hydrogens is 228 g/mol. The summed E-state index contributed by atoms with van der Waals surface area (Å²) >= 11 is 0. The van der Waals surface area contributed by atoms with E-state index in [0.717, 1.165) is 0 Å². The molecule has 0 heterocycles. The molecule has 17 heavy (non-hydrogen) atoms. The lowest BCUT2D eigenvalue weighted by Gasteiger charge is -2.39. The summed E-state index contributed by atoms with van der Waals surface area (Å²) in [7, 11) is 0. The lowest BCUT2D eigenvalue weighted by molar-refractivity contribution is -0.115. The number of amides is 1. The van der Waals surface area contributed by atoms with Crippen LogP contribution in [0, 0.1) is 5.92 Å². The van der Waals surface area contributed by atoms with Crippen molar-refractivity contribution in [2.45, 2.75) is 51.2 Å². The van der Waals surface area contributed by atoms with Crippen LogP contribution in [0.15, 0.2) is 12.7 Å². The highest BCUT2D eigenvalue weighted by Gasteiger charge is 2.48. The summed E-state index contributed by atoms with van der Waals surface area (Å²) < 4.78 is 30.5. The highest BCUT2D eigenvalue weighted by atomic mass is 19.3. The lowest BCUT2D eigenvalue weighted by Crippen LogP contribution is -2.49. The lowest BCUT2D eigenvalue weighted by atomic mass is 9.76. The molecule has 0 aromatic carbocycles. The molecule has 0 aromatic rings. The molecular formula is C12H19F2NO2. The number of carbonyl (C=O) groups is 1. The zero-order valence-electron chi connectivity index (χ0n) is 10.4. The minimum Gasteiger partial charge on any atom is -0.444 e. The van der Waals surface area contributed by atoms with E-state index in [1.807, 2.05) is 0 Å². The van der Waals surface area contributed by atoms with Crippen molar-refractivity contribution in [2.75, 3.05) is 0 Å². The minimum absolute atomic E-state index is 0.209. The molecule has 0 radical (unpaired) electrons. The van der Waals surface area contributed by atoms with Gasteiger partial charge in [0.1, 0.15) is 5.60 Å². The van der Waals surface area contributed by atoms with Crippen LogP contribution in [0.25, 0.3) is 0 Å². The van der Waals surface area contributed by atoms with Crippen molar-refractivity contribution in [3.63, 3.8) is 0 Å². The van der Waals surface area contributed by atoms with Gasteiger partial charge in [0.25, 0.3) is 0 Å². The second-order valence-corrected chi connectivity index (χ2v) is 5.43. The quantitative estimate of drug-likeness (QED) is 0.778. The van der Waals surface area contributed by atoms with Crippen molar-refractivity contribution >= 4 is 6.09 Å². The van der Waals surface area contributed by atoms with Gasteiger partial charge in [0.05, 0.1) is 6.04 Å². The van der Waals surface area contributed by atoms with Crippen LogP contribution in [0.2, 0.25) is 0 Å². The van der Waals surface area contributed by atoms with Gasteiger partial charge >= 0.3 is 6.09 Å². The van der Waals surface area contributed by atoms with Gasteiger partial charge in [0, 0.05) is 12.8 Å². The van der Waals surface area contributed by atoms with Crippen molar-refractivity contribution in [2.24, 2.45) is 5.92 Å². The topological polar surface area (TPSA) is 38.3 Å². The Morgan fingerprint density at radius 1 is 1.53 bits per heavy atom. The van der Waals surface area contributed by atoms with Gasteiger partial charge in [-0.15, -0.1) is 6.58 Å². The first-order valence-corrected chi connectivity index (χ1v) is 5.63. The molecule has 1 unspecified atom stereocenters. The first kappa shape index (κ1) is 13.9. The van der Waals surface area contributed by atoms with Gasteiger partial charge in [-0.3, -0.25) is 0 Å². The third-order valence-electron chi connectivity index (χ3n) is 2.57. The number of ether oxygens (including phenoxy) is 1. The molecule has 1 fully saturated rings. The largest absolute Gasteiger partial charge is 0.444 e. The Balaban J connectivity index is 2.43. The Hall–Kier alpha value is -1.13. The Bertz CT molecular complexity index is 302. The van der Waals surface area contributed by atoms with Crippen LogP contribution in [0.3, 0.4) is 0 Å². The monoisotopic (exact) mass is 247 g/mol. The zero-order chi connectivity index (χ0) is 13.3. The zero-order valence-corrected chi connectivity index (χ0v) is 10.4. The van der Waals surface area contributed by atoms with Crippen LogP contribution in [0.1, 0.15) is 33.6 Å². The average Bonchev–Trinajstić information content (AvgIpc) is 2.07. The highest BCUT2D eigenvalue weighted by Crippen LogP contribution is 2.44. The highest BCUT2D eigenvalue weighted by molar-refractivity contribution is 5.68. The Kier molecular flexibility index (Phi) is 3.79. The van der Waals surface area contributed by atoms with E-state index in [9.17, 15) is 13.6 Å². The maximum absolute atomic E-state index is 12.7. The molecule has 1 aliphatic carbocycles. The second-order valence-electron chi connectivity index (χ2n) is 5.43. The maximum atomic E-state index is 12.7. The van der Waals surface area contributed by atoms with E-state index in [-0.39, 0.29) is 18.8 Å². The SMILES string of the molecule is C=CC(NC(=O)OC(C)(C)C)C1CC(F)(F)C1. The molecule has 1 amide bonds. The Morgan fingerprint density at radius 2 is 2.06 bits per heavy atom. The van der Waals surface area contributed by atoms with E-state index in [1.165, 1.54) is 6.08 Å². The van der Waals surface area contributed by atoms with E-state index in [2.05, 4.69) is 11.9 Å². The Labute approximate surface area is 100 Å². The first-order valence-electron chi connectivity index (χ1n) is 5.63. The van der Waals surface area contributed by atoms with Crippen molar-refractivity contribution < 1.29 is 18.3 Å². The number of alkyl carbamates (subject to hydrolysis) is 1. The summed E-state index contributed by atoms with van der Waals surface area (Å²) in [6, 6.07) is -0.454. The number of alkyl halides is 2. The number of rotatable bonds is 3. The Morgan fingerprint density at radius 3 is 2.41 bits per heavy atom. The molecule has 98 valence electrons. The van der Waals surface area contributed by atoms with Crippen LogP contribution < -0.4 is 5.32 Å². The summed E-state index contributed by atoms with van der Waals surface area (Å²) in [5.74, 6) is -2.85. The van der Waals surface area contributed by atoms with E-state index in [4.69, 9.17) is 4.74 Å². The fourth-order valence-corrected chi connectivity index (χ4v) is 1.77. The fourth-order valence-electron chi connectivity index (χ4n) is 1.77. The van der Waals surface area contributed by atoms with Crippen LogP contribution in [-0.2, 0) is 4.74 Å². The van der Waals surface area contributed by atoms with Crippen molar-refractivity contribution in [1.82, 2.24) is 5.32 Å². The molecule has 0 aromatic heterocycles. The molecule has 1 atom stereocenters. The normalized spacial score (nSPS) is 21.2. The standard InChI is InChI=1S/C12H19F2NO2/c1-5-9(8-6-12(13,14)7-8)15-10(16)17-11(2,3)4/h5,8-9H,1,6-7H2,2-4H3,(H,15,16). The molecule has 3 nitrogen and oxygen atoms in total. The van der Waals surface area contributed by atoms with E-state index >= 15 is 0 Å². The molecule has 0 saturated heterocycles. The third kappa shape index (κ3) is 4.32. The van der Waals surface area contributed by atoms with Gasteiger partial charge in [0.15, 0.2) is 0 Å². The summed E-state index contributed by atoms with van der Waals surface area (Å²) in [6.45, 7) is 8.78. The first-order chi connectivity index (χ1) is 7.63. The van der Waals surface area contributed by atoms with Crippen LogP contribution in [-0.4, -0.2) is 23.7 Å². The number of halogens is 2. The molecule has 1 rings (SSSR count). The summed E-state index contributed by atoms with van der Waals surface area (Å²) in [6.07, 6.45) is 0.459. The van der Waals surface area contributed by atoms with Gasteiger partial charge in [-0.25, -0.2) is 13.6 Å². The van der Waals surface area contributed by atoms with Crippen molar-refractivity contribution in [3.8, 4) is 0 Å². The van der Waals surface area contributed by atoms with E-state index < -0.39 is 23.7 Å². The maximum Gasteiger partial charge on any atom is 0.408 e. The van der Waals surface area contributed by atoms with Gasteiger partial charge in [-0.05, 0) is 26.7 Å². The van der Waals surface area contributed by atoms with Crippen LogP contribution >= 0.6 is 0 Å². The molecule has 0 spiro atoms. The smallest absolute Gasteiger partial charge is 0.408 e. The average molecular weight is 247 g/mol. The molecule has 0 aliphatic heterocycles. The predicted molar refractivity (Wildman–Crippen MR) is 61.0 cm³/mol.